The summed E-state index contributed by atoms with van der Waals surface area (Å²) in [6.07, 6.45) is 3.41. The lowest BCUT2D eigenvalue weighted by Gasteiger charge is -2.11. The van der Waals surface area contributed by atoms with Gasteiger partial charge in [0, 0.05) is 46.3 Å². The highest BCUT2D eigenvalue weighted by molar-refractivity contribution is 8.13. The number of ether oxygens (including phenoxy) is 4. The number of nitrogens with one attached hydrogen (secondary N) is 1. The van der Waals surface area contributed by atoms with Crippen LogP contribution in [0.25, 0.3) is 22.3 Å². The molecule has 0 bridgehead atoms. The topological polar surface area (TPSA) is 169 Å². The second-order valence-corrected chi connectivity index (χ2v) is 15.0. The number of hydrogen-bond acceptors (Lipinski definition) is 11. The number of halogens is 1. The van der Waals surface area contributed by atoms with E-state index in [1.165, 1.54) is 58.8 Å². The maximum Gasteiger partial charge on any atom is 0.263 e. The van der Waals surface area contributed by atoms with Crippen LogP contribution in [0.1, 0.15) is 0 Å². The summed E-state index contributed by atoms with van der Waals surface area (Å²) in [4.78, 5) is 8.27. The molecule has 0 aliphatic heterocycles. The van der Waals surface area contributed by atoms with Crippen LogP contribution < -0.4 is 29.4 Å². The van der Waals surface area contributed by atoms with Crippen molar-refractivity contribution in [2.45, 2.75) is 9.79 Å². The lowest BCUT2D eigenvalue weighted by atomic mass is 10.1. The Hall–Kier alpha value is -5.83. The maximum atomic E-state index is 12.6. The van der Waals surface area contributed by atoms with Gasteiger partial charge in [-0.3, -0.25) is 4.72 Å². The van der Waals surface area contributed by atoms with Gasteiger partial charge in [0.25, 0.3) is 19.1 Å². The normalized spacial score (nSPS) is 10.7. The van der Waals surface area contributed by atoms with Gasteiger partial charge in [0.15, 0.2) is 23.0 Å². The van der Waals surface area contributed by atoms with E-state index in [9.17, 15) is 16.8 Å². The van der Waals surface area contributed by atoms with Gasteiger partial charge in [0.05, 0.1) is 38.2 Å². The largest absolute Gasteiger partial charge is 0.493 e. The maximum absolute atomic E-state index is 12.6. The average molecular weight is 777 g/mol. The zero-order valence-corrected chi connectivity index (χ0v) is 31.5. The monoisotopic (exact) mass is 776 g/mol. The second-order valence-electron chi connectivity index (χ2n) is 10.7. The molecule has 6 aromatic rings. The third-order valence-corrected chi connectivity index (χ3v) is 10.0. The molecule has 0 saturated heterocycles. The Labute approximate surface area is 313 Å². The van der Waals surface area contributed by atoms with E-state index in [0.717, 1.165) is 22.3 Å². The summed E-state index contributed by atoms with van der Waals surface area (Å²) in [6, 6.07) is 35.6. The summed E-state index contributed by atoms with van der Waals surface area (Å²) in [7, 11) is 3.46. The van der Waals surface area contributed by atoms with Crippen molar-refractivity contribution in [2.75, 3.05) is 38.9 Å². The fraction of sp³-hybridized carbons (Fsp3) is 0.105. The number of nitrogen functional groups attached to an aromatic ring is 1. The van der Waals surface area contributed by atoms with Crippen LogP contribution in [0.2, 0.25) is 0 Å². The summed E-state index contributed by atoms with van der Waals surface area (Å²) in [5.41, 5.74) is 9.66. The van der Waals surface area contributed by atoms with Crippen molar-refractivity contribution in [3.05, 3.63) is 134 Å². The fourth-order valence-electron chi connectivity index (χ4n) is 4.61. The summed E-state index contributed by atoms with van der Waals surface area (Å²) in [5.74, 6) is 2.37. The first-order chi connectivity index (χ1) is 25.4. The van der Waals surface area contributed by atoms with Crippen molar-refractivity contribution in [2.24, 2.45) is 0 Å². The average Bonchev–Trinajstić information content (AvgIpc) is 3.18. The molecule has 3 N–H and O–H groups in total. The Morgan fingerprint density at radius 3 is 1.40 bits per heavy atom. The highest BCUT2D eigenvalue weighted by atomic mass is 35.7. The smallest absolute Gasteiger partial charge is 0.263 e. The predicted molar refractivity (Wildman–Crippen MR) is 207 cm³/mol. The van der Waals surface area contributed by atoms with Gasteiger partial charge < -0.3 is 24.7 Å². The van der Waals surface area contributed by atoms with Gasteiger partial charge in [0.1, 0.15) is 11.6 Å². The number of methoxy groups -OCH3 is 4. The van der Waals surface area contributed by atoms with Gasteiger partial charge in [-0.05, 0) is 59.7 Å². The van der Waals surface area contributed by atoms with E-state index in [1.807, 2.05) is 78.9 Å². The molecule has 0 aliphatic carbocycles. The molecule has 0 unspecified atom stereocenters. The van der Waals surface area contributed by atoms with Crippen LogP contribution in [0.4, 0.5) is 11.6 Å². The van der Waals surface area contributed by atoms with E-state index in [2.05, 4.69) is 14.7 Å². The van der Waals surface area contributed by atoms with Crippen molar-refractivity contribution >= 4 is 41.4 Å². The van der Waals surface area contributed by atoms with Crippen LogP contribution in [0, 0.1) is 0 Å². The van der Waals surface area contributed by atoms with Gasteiger partial charge in [-0.15, -0.1) is 0 Å². The highest BCUT2D eigenvalue weighted by Crippen LogP contribution is 2.31. The van der Waals surface area contributed by atoms with Crippen LogP contribution in [-0.4, -0.2) is 55.2 Å². The molecule has 15 heteroatoms. The first kappa shape index (κ1) is 39.9. The lowest BCUT2D eigenvalue weighted by molar-refractivity contribution is 0.354. The van der Waals surface area contributed by atoms with Gasteiger partial charge in [-0.2, -0.15) is 0 Å². The van der Waals surface area contributed by atoms with Crippen LogP contribution in [0.15, 0.2) is 144 Å². The molecule has 6 rings (SSSR count). The van der Waals surface area contributed by atoms with Crippen molar-refractivity contribution in [1.29, 1.82) is 0 Å². The molecule has 0 saturated carbocycles. The Kier molecular flexibility index (Phi) is 14.0. The number of pyridine rings is 2. The number of hydrogen-bond donors (Lipinski definition) is 2. The second kappa shape index (κ2) is 18.6. The van der Waals surface area contributed by atoms with Crippen molar-refractivity contribution in [3.63, 3.8) is 0 Å². The zero-order valence-electron chi connectivity index (χ0n) is 29.1. The number of sulfonamides is 1. The fourth-order valence-corrected chi connectivity index (χ4v) is 6.40. The van der Waals surface area contributed by atoms with Crippen LogP contribution in [0.5, 0.6) is 23.0 Å². The van der Waals surface area contributed by atoms with E-state index in [0.29, 0.717) is 28.8 Å². The summed E-state index contributed by atoms with van der Waals surface area (Å²) >= 11 is 0. The molecular formula is C38H37ClN4O8S2. The third-order valence-electron chi connectivity index (χ3n) is 7.30. The number of nitrogens with two attached hydrogens (primary N) is 1. The molecule has 2 aromatic heterocycles. The standard InChI is InChI=1S/C19H18N2O4S.C11H10N2.C8H9ClO4S/c1-24-17-10-9-16(12-18(17)25-2)26(22,23)21-19-11-8-15(13-20-19)14-6-4-3-5-7-14;12-11-7-6-10(8-13-11)9-4-2-1-3-5-9;1-12-7-4-3-6(14(9,10)11)5-8(7)13-2/h3-13H,1-2H3,(H,20,21);1-8H,(H2,12,13);3-5H,1-2H3. The molecule has 0 amide bonds. The summed E-state index contributed by atoms with van der Waals surface area (Å²) < 4.78 is 69.7. The number of benzene rings is 4. The van der Waals surface area contributed by atoms with Crippen molar-refractivity contribution in [1.82, 2.24) is 9.97 Å². The van der Waals surface area contributed by atoms with E-state index < -0.39 is 19.1 Å². The van der Waals surface area contributed by atoms with Crippen LogP contribution in [0.3, 0.4) is 0 Å². The molecular weight excluding hydrogens is 740 g/mol. The van der Waals surface area contributed by atoms with Crippen LogP contribution >= 0.6 is 10.7 Å². The van der Waals surface area contributed by atoms with E-state index >= 15 is 0 Å². The molecule has 2 heterocycles. The molecule has 0 radical (unpaired) electrons. The van der Waals surface area contributed by atoms with E-state index in [4.69, 9.17) is 35.4 Å². The number of aromatic nitrogens is 2. The number of rotatable bonds is 10. The molecule has 0 fully saturated rings. The summed E-state index contributed by atoms with van der Waals surface area (Å²) in [5, 5.41) is 0. The van der Waals surface area contributed by atoms with Gasteiger partial charge >= 0.3 is 0 Å². The molecule has 53 heavy (non-hydrogen) atoms. The molecule has 0 aliphatic rings. The van der Waals surface area contributed by atoms with Gasteiger partial charge in [-0.25, -0.2) is 26.8 Å². The van der Waals surface area contributed by atoms with Crippen LogP contribution in [-0.2, 0) is 19.1 Å². The highest BCUT2D eigenvalue weighted by Gasteiger charge is 2.18. The number of nitrogens with zero attached hydrogens (tertiary/aromatic N) is 2. The number of anilines is 2. The van der Waals surface area contributed by atoms with Crippen molar-refractivity contribution < 1.29 is 35.8 Å². The first-order valence-corrected chi connectivity index (χ1v) is 19.4. The predicted octanol–water partition coefficient (Wildman–Crippen LogP) is 7.53. The third kappa shape index (κ3) is 11.3. The van der Waals surface area contributed by atoms with E-state index in [1.54, 1.807) is 24.5 Å². The minimum absolute atomic E-state index is 0.0168. The van der Waals surface area contributed by atoms with Gasteiger partial charge in [0.2, 0.25) is 0 Å². The molecule has 276 valence electrons. The Balaban J connectivity index is 0.000000196. The van der Waals surface area contributed by atoms with Crippen molar-refractivity contribution in [3.8, 4) is 45.3 Å². The summed E-state index contributed by atoms with van der Waals surface area (Å²) in [6.45, 7) is 0. The zero-order chi connectivity index (χ0) is 38.4. The lowest BCUT2D eigenvalue weighted by Crippen LogP contribution is -2.14. The molecule has 0 spiro atoms. The minimum Gasteiger partial charge on any atom is -0.493 e. The van der Waals surface area contributed by atoms with E-state index in [-0.39, 0.29) is 15.6 Å². The molecule has 12 nitrogen and oxygen atoms in total. The first-order valence-electron chi connectivity index (χ1n) is 15.6. The SMILES string of the molecule is COc1ccc(S(=O)(=O)Cl)cc1OC.COc1ccc(S(=O)(=O)Nc2ccc(-c3ccccc3)cn2)cc1OC.Nc1ccc(-c2ccccc2)cn1. The quantitative estimate of drug-likeness (QED) is 0.132. The molecule has 0 atom stereocenters. The minimum atomic E-state index is -3.80. The Morgan fingerprint density at radius 2 is 0.981 bits per heavy atom. The molecule has 4 aromatic carbocycles. The Bertz CT molecular complexity index is 2300. The van der Waals surface area contributed by atoms with Gasteiger partial charge in [-0.1, -0.05) is 60.7 Å². The Morgan fingerprint density at radius 1 is 0.528 bits per heavy atom.